The average Bonchev–Trinajstić information content (AvgIpc) is 2.76. The predicted molar refractivity (Wildman–Crippen MR) is 82.2 cm³/mol. The highest BCUT2D eigenvalue weighted by Gasteiger charge is 2.33. The molecule has 3 rings (SSSR count). The maximum Gasteiger partial charge on any atom is 0.134 e. The van der Waals surface area contributed by atoms with E-state index in [9.17, 15) is 10.2 Å². The molecule has 2 heterocycles. The number of furan rings is 1. The lowest BCUT2D eigenvalue weighted by Gasteiger charge is -2.37. The first kappa shape index (κ1) is 14.6. The highest BCUT2D eigenvalue weighted by molar-refractivity contribution is 5.82. The molecule has 0 saturated carbocycles. The number of piperidine rings is 1. The smallest absolute Gasteiger partial charge is 0.134 e. The Hall–Kier alpha value is -1.36. The zero-order valence-corrected chi connectivity index (χ0v) is 12.7. The van der Waals surface area contributed by atoms with Gasteiger partial charge in [-0.1, -0.05) is 11.6 Å². The Bertz CT molecular complexity index is 649. The van der Waals surface area contributed by atoms with Gasteiger partial charge in [0.1, 0.15) is 16.9 Å². The van der Waals surface area contributed by atoms with Crippen molar-refractivity contribution in [3.8, 4) is 0 Å². The Morgan fingerprint density at radius 3 is 2.90 bits per heavy atom. The summed E-state index contributed by atoms with van der Waals surface area (Å²) in [5.74, 6) is 0.956. The molecule has 1 aliphatic heterocycles. The lowest BCUT2D eigenvalue weighted by Crippen LogP contribution is -2.50. The molecule has 0 radical (unpaired) electrons. The molecule has 0 bridgehead atoms. The molecule has 1 saturated heterocycles. The summed E-state index contributed by atoms with van der Waals surface area (Å²) in [6.45, 7) is 6.10. The van der Waals surface area contributed by atoms with Crippen LogP contribution in [-0.4, -0.2) is 40.4 Å². The van der Waals surface area contributed by atoms with Crippen molar-refractivity contribution in [2.45, 2.75) is 38.8 Å². The molecule has 0 unspecified atom stereocenters. The number of benzene rings is 1. The molecule has 1 aromatic carbocycles. The Balaban J connectivity index is 1.83. The molecule has 0 aliphatic carbocycles. The van der Waals surface area contributed by atoms with Gasteiger partial charge in [0.25, 0.3) is 0 Å². The number of aryl methyl sites for hydroxylation is 2. The summed E-state index contributed by atoms with van der Waals surface area (Å²) >= 11 is 0. The average molecular weight is 289 g/mol. The summed E-state index contributed by atoms with van der Waals surface area (Å²) in [5, 5.41) is 20.8. The van der Waals surface area contributed by atoms with E-state index in [4.69, 9.17) is 4.42 Å². The van der Waals surface area contributed by atoms with Crippen LogP contribution in [0.5, 0.6) is 0 Å². The van der Waals surface area contributed by atoms with Crippen LogP contribution in [0.3, 0.4) is 0 Å². The van der Waals surface area contributed by atoms with Crippen LogP contribution in [0.2, 0.25) is 0 Å². The van der Waals surface area contributed by atoms with Gasteiger partial charge in [0, 0.05) is 11.9 Å². The van der Waals surface area contributed by atoms with Crippen molar-refractivity contribution in [3.63, 3.8) is 0 Å². The van der Waals surface area contributed by atoms with Gasteiger partial charge in [-0.15, -0.1) is 0 Å². The van der Waals surface area contributed by atoms with Crippen LogP contribution in [-0.2, 0) is 6.54 Å². The number of β-amino-alcohol motifs (C(OH)–C–C–N with tert-alkyl or cyclic N) is 1. The summed E-state index contributed by atoms with van der Waals surface area (Å²) in [5.41, 5.74) is 2.36. The maximum atomic E-state index is 10.3. The lowest BCUT2D eigenvalue weighted by atomic mass is 9.93. The zero-order valence-electron chi connectivity index (χ0n) is 12.7. The topological polar surface area (TPSA) is 56.8 Å². The van der Waals surface area contributed by atoms with E-state index in [0.717, 1.165) is 24.3 Å². The van der Waals surface area contributed by atoms with Crippen LogP contribution < -0.4 is 0 Å². The summed E-state index contributed by atoms with van der Waals surface area (Å²) in [4.78, 5) is 2.16. The third-order valence-electron chi connectivity index (χ3n) is 4.49. The van der Waals surface area contributed by atoms with Gasteiger partial charge in [0.2, 0.25) is 0 Å². The number of aliphatic hydroxyl groups is 2. The molecule has 2 N–H and O–H groups in total. The van der Waals surface area contributed by atoms with Gasteiger partial charge in [-0.2, -0.15) is 0 Å². The fraction of sp³-hybridized carbons (Fsp3) is 0.529. The second kappa shape index (κ2) is 5.44. The summed E-state index contributed by atoms with van der Waals surface area (Å²) < 4.78 is 5.97. The van der Waals surface area contributed by atoms with Crippen molar-refractivity contribution in [2.75, 3.05) is 19.7 Å². The van der Waals surface area contributed by atoms with Crippen LogP contribution >= 0.6 is 0 Å². The lowest BCUT2D eigenvalue weighted by molar-refractivity contribution is -0.0697. The molecule has 0 amide bonds. The summed E-state index contributed by atoms with van der Waals surface area (Å²) in [7, 11) is 0. The minimum Gasteiger partial charge on any atom is -0.459 e. The number of nitrogens with zero attached hydrogens (tertiary/aromatic N) is 1. The van der Waals surface area contributed by atoms with Crippen molar-refractivity contribution in [1.82, 2.24) is 4.90 Å². The first-order chi connectivity index (χ1) is 10.0. The maximum absolute atomic E-state index is 10.3. The zero-order chi connectivity index (χ0) is 15.0. The second-order valence-electron chi connectivity index (χ2n) is 6.35. The molecule has 1 atom stereocenters. The van der Waals surface area contributed by atoms with Crippen LogP contribution in [0.1, 0.15) is 29.7 Å². The molecule has 21 heavy (non-hydrogen) atoms. The van der Waals surface area contributed by atoms with E-state index >= 15 is 0 Å². The van der Waals surface area contributed by atoms with E-state index in [-0.39, 0.29) is 6.61 Å². The number of likely N-dealkylation sites (tertiary alicyclic amines) is 1. The number of fused-ring (bicyclic) bond motifs is 1. The third-order valence-corrected chi connectivity index (χ3v) is 4.49. The van der Waals surface area contributed by atoms with E-state index in [1.807, 2.05) is 6.07 Å². The normalized spacial score (nSPS) is 23.8. The van der Waals surface area contributed by atoms with E-state index in [1.54, 1.807) is 0 Å². The minimum absolute atomic E-state index is 0.179. The number of rotatable bonds is 3. The van der Waals surface area contributed by atoms with Gasteiger partial charge >= 0.3 is 0 Å². The Morgan fingerprint density at radius 1 is 1.33 bits per heavy atom. The summed E-state index contributed by atoms with van der Waals surface area (Å²) in [6.07, 6.45) is 1.56. The van der Waals surface area contributed by atoms with E-state index in [0.29, 0.717) is 19.5 Å². The van der Waals surface area contributed by atoms with Gasteiger partial charge in [-0.05, 0) is 50.9 Å². The van der Waals surface area contributed by atoms with Crippen LogP contribution in [0.4, 0.5) is 0 Å². The molecular formula is C17H23NO3. The largest absolute Gasteiger partial charge is 0.459 e. The van der Waals surface area contributed by atoms with Crippen molar-refractivity contribution < 1.29 is 14.6 Å². The van der Waals surface area contributed by atoms with Gasteiger partial charge in [-0.3, -0.25) is 4.90 Å². The van der Waals surface area contributed by atoms with Gasteiger partial charge < -0.3 is 14.6 Å². The van der Waals surface area contributed by atoms with Crippen molar-refractivity contribution in [1.29, 1.82) is 0 Å². The van der Waals surface area contributed by atoms with Crippen LogP contribution in [0.25, 0.3) is 11.0 Å². The highest BCUT2D eigenvalue weighted by atomic mass is 16.3. The monoisotopic (exact) mass is 289 g/mol. The number of hydrogen-bond acceptors (Lipinski definition) is 4. The van der Waals surface area contributed by atoms with Crippen LogP contribution in [0, 0.1) is 13.8 Å². The molecule has 114 valence electrons. The molecule has 1 aliphatic rings. The van der Waals surface area contributed by atoms with Gasteiger partial charge in [0.05, 0.1) is 13.2 Å². The van der Waals surface area contributed by atoms with Crippen LogP contribution in [0.15, 0.2) is 22.6 Å². The second-order valence-corrected chi connectivity index (χ2v) is 6.35. The quantitative estimate of drug-likeness (QED) is 0.911. The molecule has 4 heteroatoms. The first-order valence-electron chi connectivity index (χ1n) is 7.55. The molecule has 1 fully saturated rings. The van der Waals surface area contributed by atoms with Crippen molar-refractivity contribution in [3.05, 3.63) is 35.1 Å². The molecule has 1 aromatic heterocycles. The minimum atomic E-state index is -0.964. The Labute approximate surface area is 125 Å². The molecular weight excluding hydrogens is 266 g/mol. The SMILES string of the molecule is Cc1ccc2oc(CN3CCC[C@@](O)(CO)C3)c(C)c2c1. The molecule has 4 nitrogen and oxygen atoms in total. The fourth-order valence-electron chi connectivity index (χ4n) is 3.21. The van der Waals surface area contributed by atoms with E-state index < -0.39 is 5.60 Å². The predicted octanol–water partition coefficient (Wildman–Crippen LogP) is 2.37. The summed E-state index contributed by atoms with van der Waals surface area (Å²) in [6, 6.07) is 6.22. The Morgan fingerprint density at radius 2 is 2.14 bits per heavy atom. The molecule has 2 aromatic rings. The van der Waals surface area contributed by atoms with Crippen molar-refractivity contribution >= 4 is 11.0 Å². The Kier molecular flexibility index (Phi) is 3.78. The highest BCUT2D eigenvalue weighted by Crippen LogP contribution is 2.29. The number of aliphatic hydroxyl groups excluding tert-OH is 1. The standard InChI is InChI=1S/C17H23NO3/c1-12-4-5-15-14(8-12)13(2)16(21-15)9-18-7-3-6-17(20,10-18)11-19/h4-5,8,19-20H,3,6-7,9-11H2,1-2H3/t17-/m0/s1. The van der Waals surface area contributed by atoms with Crippen molar-refractivity contribution in [2.24, 2.45) is 0 Å². The fourth-order valence-corrected chi connectivity index (χ4v) is 3.21. The number of hydrogen-bond donors (Lipinski definition) is 2. The van der Waals surface area contributed by atoms with E-state index in [1.165, 1.54) is 16.5 Å². The third kappa shape index (κ3) is 2.84. The van der Waals surface area contributed by atoms with Gasteiger partial charge in [-0.25, -0.2) is 0 Å². The first-order valence-corrected chi connectivity index (χ1v) is 7.55. The molecule has 0 spiro atoms. The van der Waals surface area contributed by atoms with Gasteiger partial charge in [0.15, 0.2) is 0 Å². The van der Waals surface area contributed by atoms with E-state index in [2.05, 4.69) is 30.9 Å².